The minimum absolute atomic E-state index is 0.0209. The Bertz CT molecular complexity index is 522. The number of carboxylic acids is 1. The van der Waals surface area contributed by atoms with Crippen LogP contribution < -0.4 is 0 Å². The summed E-state index contributed by atoms with van der Waals surface area (Å²) in [5.74, 6) is -0.925. The summed E-state index contributed by atoms with van der Waals surface area (Å²) in [5, 5.41) is 12.0. The standard InChI is InChI=1S/C11H11BrN2O2S/c1-2-8(10-13-3-4-17-10)14-6-7(12)5-9(14)11(15)16/h3-6,8H,2H2,1H3,(H,15,16). The number of nitrogens with zero attached hydrogens (tertiary/aromatic N) is 2. The van der Waals surface area contributed by atoms with Crippen molar-refractivity contribution in [2.24, 2.45) is 0 Å². The third-order valence-corrected chi connectivity index (χ3v) is 3.80. The van der Waals surface area contributed by atoms with Gasteiger partial charge in [-0.3, -0.25) is 0 Å². The van der Waals surface area contributed by atoms with Crippen molar-refractivity contribution in [1.82, 2.24) is 9.55 Å². The number of carbonyl (C=O) groups is 1. The topological polar surface area (TPSA) is 55.1 Å². The number of halogens is 1. The molecule has 0 aromatic carbocycles. The molecule has 1 N–H and O–H groups in total. The maximum absolute atomic E-state index is 11.2. The van der Waals surface area contributed by atoms with Crippen molar-refractivity contribution >= 4 is 33.2 Å². The van der Waals surface area contributed by atoms with Crippen LogP contribution in [-0.4, -0.2) is 20.6 Å². The number of hydrogen-bond acceptors (Lipinski definition) is 3. The summed E-state index contributed by atoms with van der Waals surface area (Å²) in [6.45, 7) is 2.02. The summed E-state index contributed by atoms with van der Waals surface area (Å²) in [7, 11) is 0. The third kappa shape index (κ3) is 2.42. The zero-order valence-corrected chi connectivity index (χ0v) is 11.5. The first-order valence-electron chi connectivity index (χ1n) is 5.13. The molecule has 0 fully saturated rings. The molecule has 1 atom stereocenters. The summed E-state index contributed by atoms with van der Waals surface area (Å²) >= 11 is 4.85. The molecule has 0 amide bonds. The van der Waals surface area contributed by atoms with Crippen LogP contribution in [0.15, 0.2) is 28.3 Å². The molecule has 0 saturated heterocycles. The number of carboxylic acid groups (broad SMARTS) is 1. The van der Waals surface area contributed by atoms with Gasteiger partial charge in [-0.15, -0.1) is 11.3 Å². The molecule has 90 valence electrons. The highest BCUT2D eigenvalue weighted by atomic mass is 79.9. The molecular weight excluding hydrogens is 304 g/mol. The van der Waals surface area contributed by atoms with Crippen molar-refractivity contribution in [2.75, 3.05) is 0 Å². The van der Waals surface area contributed by atoms with Gasteiger partial charge in [0.2, 0.25) is 0 Å². The zero-order valence-electron chi connectivity index (χ0n) is 9.13. The number of hydrogen-bond donors (Lipinski definition) is 1. The van der Waals surface area contributed by atoms with Crippen molar-refractivity contribution in [3.8, 4) is 0 Å². The van der Waals surface area contributed by atoms with Crippen LogP contribution in [0.2, 0.25) is 0 Å². The Balaban J connectivity index is 2.47. The number of rotatable bonds is 4. The van der Waals surface area contributed by atoms with Gasteiger partial charge in [0, 0.05) is 22.2 Å². The summed E-state index contributed by atoms with van der Waals surface area (Å²) in [5.41, 5.74) is 0.277. The number of thiazole rings is 1. The van der Waals surface area contributed by atoms with E-state index in [-0.39, 0.29) is 11.7 Å². The van der Waals surface area contributed by atoms with Gasteiger partial charge in [-0.2, -0.15) is 0 Å². The Morgan fingerprint density at radius 1 is 1.71 bits per heavy atom. The van der Waals surface area contributed by atoms with Crippen LogP contribution in [0.3, 0.4) is 0 Å². The van der Waals surface area contributed by atoms with E-state index in [2.05, 4.69) is 20.9 Å². The molecule has 0 spiro atoms. The first kappa shape index (κ1) is 12.3. The van der Waals surface area contributed by atoms with Crippen LogP contribution in [0, 0.1) is 0 Å². The second-order valence-electron chi connectivity index (χ2n) is 3.55. The first-order valence-corrected chi connectivity index (χ1v) is 6.80. The van der Waals surface area contributed by atoms with Crippen LogP contribution >= 0.6 is 27.3 Å². The molecule has 2 rings (SSSR count). The van der Waals surface area contributed by atoms with Crippen molar-refractivity contribution in [3.05, 3.63) is 39.0 Å². The lowest BCUT2D eigenvalue weighted by Gasteiger charge is -2.16. The second-order valence-corrected chi connectivity index (χ2v) is 5.39. The average molecular weight is 315 g/mol. The van der Waals surface area contributed by atoms with Crippen LogP contribution in [0.5, 0.6) is 0 Å². The maximum atomic E-state index is 11.2. The minimum Gasteiger partial charge on any atom is -0.477 e. The summed E-state index contributed by atoms with van der Waals surface area (Å²) < 4.78 is 2.52. The molecular formula is C11H11BrN2O2S. The van der Waals surface area contributed by atoms with E-state index in [1.165, 1.54) is 11.3 Å². The molecule has 0 bridgehead atoms. The van der Waals surface area contributed by atoms with Crippen molar-refractivity contribution in [2.45, 2.75) is 19.4 Å². The highest BCUT2D eigenvalue weighted by molar-refractivity contribution is 9.10. The van der Waals surface area contributed by atoms with Gasteiger partial charge in [0.25, 0.3) is 0 Å². The lowest BCUT2D eigenvalue weighted by molar-refractivity contribution is 0.0683. The third-order valence-electron chi connectivity index (χ3n) is 2.49. The molecule has 17 heavy (non-hydrogen) atoms. The van der Waals surface area contributed by atoms with E-state index < -0.39 is 5.97 Å². The second kappa shape index (κ2) is 5.01. The molecule has 0 aliphatic carbocycles. The molecule has 0 radical (unpaired) electrons. The molecule has 0 aliphatic heterocycles. The van der Waals surface area contributed by atoms with Crippen LogP contribution in [-0.2, 0) is 0 Å². The average Bonchev–Trinajstić information content (AvgIpc) is 2.89. The van der Waals surface area contributed by atoms with Crippen molar-refractivity contribution in [3.63, 3.8) is 0 Å². The van der Waals surface area contributed by atoms with E-state index in [1.807, 2.05) is 12.3 Å². The van der Waals surface area contributed by atoms with Crippen molar-refractivity contribution in [1.29, 1.82) is 0 Å². The predicted octanol–water partition coefficient (Wildman–Crippen LogP) is 3.40. The number of aromatic nitrogens is 2. The van der Waals surface area contributed by atoms with Gasteiger partial charge in [0.05, 0.1) is 6.04 Å². The molecule has 2 aromatic rings. The lowest BCUT2D eigenvalue weighted by atomic mass is 10.2. The van der Waals surface area contributed by atoms with E-state index in [9.17, 15) is 4.79 Å². The summed E-state index contributed by atoms with van der Waals surface area (Å²) in [6.07, 6.45) is 4.33. The van der Waals surface area contributed by atoms with Crippen molar-refractivity contribution < 1.29 is 9.90 Å². The lowest BCUT2D eigenvalue weighted by Crippen LogP contribution is -2.14. The zero-order chi connectivity index (χ0) is 12.4. The van der Waals surface area contributed by atoms with Gasteiger partial charge >= 0.3 is 5.97 Å². The van der Waals surface area contributed by atoms with Crippen LogP contribution in [0.1, 0.15) is 34.9 Å². The van der Waals surface area contributed by atoms with Crippen LogP contribution in [0.25, 0.3) is 0 Å². The summed E-state index contributed by atoms with van der Waals surface area (Å²) in [4.78, 5) is 15.4. The first-order chi connectivity index (χ1) is 8.13. The summed E-state index contributed by atoms with van der Waals surface area (Å²) in [6, 6.07) is 1.59. The van der Waals surface area contributed by atoms with Gasteiger partial charge in [-0.05, 0) is 28.4 Å². The monoisotopic (exact) mass is 314 g/mol. The predicted molar refractivity (Wildman–Crippen MR) is 69.6 cm³/mol. The molecule has 4 nitrogen and oxygen atoms in total. The normalized spacial score (nSPS) is 12.6. The van der Waals surface area contributed by atoms with Gasteiger partial charge < -0.3 is 9.67 Å². The fraction of sp³-hybridized carbons (Fsp3) is 0.273. The Morgan fingerprint density at radius 2 is 2.47 bits per heavy atom. The highest BCUT2D eigenvalue weighted by Crippen LogP contribution is 2.28. The molecule has 2 aromatic heterocycles. The number of aromatic carboxylic acids is 1. The highest BCUT2D eigenvalue weighted by Gasteiger charge is 2.20. The fourth-order valence-corrected chi connectivity index (χ4v) is 3.02. The van der Waals surface area contributed by atoms with Crippen LogP contribution in [0.4, 0.5) is 0 Å². The van der Waals surface area contributed by atoms with Gasteiger partial charge in [-0.1, -0.05) is 6.92 Å². The van der Waals surface area contributed by atoms with E-state index in [1.54, 1.807) is 23.0 Å². The van der Waals surface area contributed by atoms with E-state index >= 15 is 0 Å². The van der Waals surface area contributed by atoms with E-state index in [4.69, 9.17) is 5.11 Å². The quantitative estimate of drug-likeness (QED) is 0.941. The Labute approximate surface area is 111 Å². The largest absolute Gasteiger partial charge is 0.477 e. The van der Waals surface area contributed by atoms with E-state index in [0.717, 1.165) is 15.9 Å². The SMILES string of the molecule is CCC(c1nccs1)n1cc(Br)cc1C(=O)O. The molecule has 2 heterocycles. The van der Waals surface area contributed by atoms with Gasteiger partial charge in [0.1, 0.15) is 10.7 Å². The molecule has 0 aliphatic rings. The molecule has 6 heteroatoms. The Kier molecular flexibility index (Phi) is 3.63. The minimum atomic E-state index is -0.925. The van der Waals surface area contributed by atoms with Gasteiger partial charge in [-0.25, -0.2) is 9.78 Å². The Hall–Kier alpha value is -1.14. The molecule has 0 saturated carbocycles. The van der Waals surface area contributed by atoms with E-state index in [0.29, 0.717) is 0 Å². The Morgan fingerprint density at radius 3 is 3.00 bits per heavy atom. The maximum Gasteiger partial charge on any atom is 0.352 e. The van der Waals surface area contributed by atoms with Gasteiger partial charge in [0.15, 0.2) is 0 Å². The molecule has 1 unspecified atom stereocenters. The fourth-order valence-electron chi connectivity index (χ4n) is 1.76. The smallest absolute Gasteiger partial charge is 0.352 e.